The monoisotopic (exact) mass is 377 g/mol. The summed E-state index contributed by atoms with van der Waals surface area (Å²) in [6.07, 6.45) is 4.72. The number of anilines is 1. The third-order valence-corrected chi connectivity index (χ3v) is 5.33. The highest BCUT2D eigenvalue weighted by Crippen LogP contribution is 2.26. The summed E-state index contributed by atoms with van der Waals surface area (Å²) in [7, 11) is -3.53. The summed E-state index contributed by atoms with van der Waals surface area (Å²) >= 11 is 0. The van der Waals surface area contributed by atoms with Crippen LogP contribution >= 0.6 is 0 Å². The van der Waals surface area contributed by atoms with Crippen molar-refractivity contribution >= 4 is 32.5 Å². The lowest BCUT2D eigenvalue weighted by Gasteiger charge is -2.26. The first kappa shape index (κ1) is 20.2. The zero-order valence-corrected chi connectivity index (χ0v) is 16.5. The van der Waals surface area contributed by atoms with Crippen molar-refractivity contribution in [2.75, 3.05) is 30.2 Å². The Labute approximate surface area is 155 Å². The number of hydrogen-bond donors (Lipinski definition) is 0. The number of fused-ring (bicyclic) bond motifs is 1. The molecule has 6 nitrogen and oxygen atoms in total. The number of para-hydroxylation sites is 1. The Bertz CT molecular complexity index is 841. The zero-order valence-electron chi connectivity index (χ0n) is 15.7. The fraction of sp³-hybridized carbons (Fsp3) is 0.474. The molecule has 2 rings (SSSR count). The molecule has 0 saturated heterocycles. The van der Waals surface area contributed by atoms with Crippen molar-refractivity contribution in [3.63, 3.8) is 0 Å². The average molecular weight is 378 g/mol. The minimum atomic E-state index is -3.53. The molecule has 0 bridgehead atoms. The maximum atomic E-state index is 12.5. The van der Waals surface area contributed by atoms with Gasteiger partial charge in [-0.05, 0) is 25.0 Å². The van der Waals surface area contributed by atoms with Crippen LogP contribution in [0, 0.1) is 0 Å². The molecule has 1 aromatic carbocycles. The average Bonchev–Trinajstić information content (AvgIpc) is 2.60. The minimum absolute atomic E-state index is 0.0180. The van der Waals surface area contributed by atoms with E-state index in [2.05, 4.69) is 4.98 Å². The first-order valence-corrected chi connectivity index (χ1v) is 10.8. The van der Waals surface area contributed by atoms with Crippen molar-refractivity contribution in [2.24, 2.45) is 0 Å². The van der Waals surface area contributed by atoms with E-state index in [4.69, 9.17) is 0 Å². The van der Waals surface area contributed by atoms with E-state index in [-0.39, 0.29) is 18.9 Å². The Balaban J connectivity index is 2.28. The summed E-state index contributed by atoms with van der Waals surface area (Å²) in [6.45, 7) is 5.56. The van der Waals surface area contributed by atoms with Crippen molar-refractivity contribution in [1.82, 2.24) is 9.88 Å². The number of amides is 1. The van der Waals surface area contributed by atoms with Gasteiger partial charge in [-0.3, -0.25) is 14.1 Å². The number of pyridine rings is 1. The molecule has 26 heavy (non-hydrogen) atoms. The highest BCUT2D eigenvalue weighted by atomic mass is 32.2. The molecular weight excluding hydrogens is 350 g/mol. The number of carbonyl (C=O) groups excluding carboxylic acids is 1. The summed E-state index contributed by atoms with van der Waals surface area (Å²) in [6, 6.07) is 9.13. The first-order valence-electron chi connectivity index (χ1n) is 8.97. The van der Waals surface area contributed by atoms with E-state index in [0.717, 1.165) is 24.5 Å². The van der Waals surface area contributed by atoms with Crippen LogP contribution in [0.5, 0.6) is 0 Å². The topological polar surface area (TPSA) is 70.6 Å². The smallest absolute Gasteiger partial charge is 0.232 e. The highest BCUT2D eigenvalue weighted by molar-refractivity contribution is 7.92. The molecule has 0 saturated carbocycles. The third kappa shape index (κ3) is 4.94. The molecule has 0 fully saturated rings. The van der Waals surface area contributed by atoms with Gasteiger partial charge in [-0.25, -0.2) is 8.42 Å². The second kappa shape index (κ2) is 8.98. The summed E-state index contributed by atoms with van der Waals surface area (Å²) < 4.78 is 26.1. The number of benzene rings is 1. The predicted molar refractivity (Wildman–Crippen MR) is 106 cm³/mol. The van der Waals surface area contributed by atoms with Gasteiger partial charge < -0.3 is 4.90 Å². The molecule has 7 heteroatoms. The minimum Gasteiger partial charge on any atom is -0.343 e. The van der Waals surface area contributed by atoms with Gasteiger partial charge in [0.2, 0.25) is 15.9 Å². The number of aromatic nitrogens is 1. The molecule has 0 aliphatic carbocycles. The molecule has 0 aliphatic heterocycles. The quantitative estimate of drug-likeness (QED) is 0.673. The Morgan fingerprint density at radius 2 is 1.69 bits per heavy atom. The zero-order chi connectivity index (χ0) is 19.2. The van der Waals surface area contributed by atoms with E-state index in [0.29, 0.717) is 24.3 Å². The predicted octanol–water partition coefficient (Wildman–Crippen LogP) is 3.04. The summed E-state index contributed by atoms with van der Waals surface area (Å²) in [5.41, 5.74) is 1.13. The van der Waals surface area contributed by atoms with Crippen molar-refractivity contribution in [2.45, 2.75) is 33.1 Å². The number of rotatable bonds is 9. The van der Waals surface area contributed by atoms with Crippen LogP contribution in [0.25, 0.3) is 10.9 Å². The molecule has 0 unspecified atom stereocenters. The van der Waals surface area contributed by atoms with Crippen molar-refractivity contribution in [1.29, 1.82) is 0 Å². The van der Waals surface area contributed by atoms with Gasteiger partial charge in [0.1, 0.15) is 0 Å². The van der Waals surface area contributed by atoms with Gasteiger partial charge in [-0.2, -0.15) is 0 Å². The van der Waals surface area contributed by atoms with Gasteiger partial charge >= 0.3 is 0 Å². The van der Waals surface area contributed by atoms with Crippen LogP contribution < -0.4 is 4.31 Å². The maximum Gasteiger partial charge on any atom is 0.232 e. The SMILES string of the molecule is CCCN(CCC)C(=O)CCN(c1cccc2cccnc12)S(C)(=O)=O. The van der Waals surface area contributed by atoms with Gasteiger partial charge in [0.25, 0.3) is 0 Å². The van der Waals surface area contributed by atoms with Gasteiger partial charge in [-0.1, -0.05) is 32.0 Å². The van der Waals surface area contributed by atoms with E-state index in [9.17, 15) is 13.2 Å². The van der Waals surface area contributed by atoms with Crippen LogP contribution in [0.2, 0.25) is 0 Å². The Hall–Kier alpha value is -2.15. The van der Waals surface area contributed by atoms with E-state index in [1.807, 2.05) is 36.9 Å². The molecule has 1 amide bonds. The summed E-state index contributed by atoms with van der Waals surface area (Å²) in [5.74, 6) is -0.0180. The molecule has 1 aromatic heterocycles. The van der Waals surface area contributed by atoms with Crippen molar-refractivity contribution < 1.29 is 13.2 Å². The number of hydrogen-bond acceptors (Lipinski definition) is 4. The lowest BCUT2D eigenvalue weighted by Crippen LogP contribution is -2.37. The standard InChI is InChI=1S/C19H27N3O3S/c1-4-13-21(14-5-2)18(23)11-15-22(26(3,24)25)17-10-6-8-16-9-7-12-20-19(16)17/h6-10,12H,4-5,11,13-15H2,1-3H3. The Morgan fingerprint density at radius 1 is 1.04 bits per heavy atom. The highest BCUT2D eigenvalue weighted by Gasteiger charge is 2.22. The number of carbonyl (C=O) groups is 1. The van der Waals surface area contributed by atoms with E-state index >= 15 is 0 Å². The van der Waals surface area contributed by atoms with Gasteiger partial charge in [-0.15, -0.1) is 0 Å². The van der Waals surface area contributed by atoms with E-state index in [1.165, 1.54) is 4.31 Å². The molecule has 142 valence electrons. The molecule has 0 spiro atoms. The van der Waals surface area contributed by atoms with E-state index in [1.54, 1.807) is 18.3 Å². The maximum absolute atomic E-state index is 12.5. The molecule has 0 atom stereocenters. The third-order valence-electron chi connectivity index (χ3n) is 4.15. The molecule has 1 heterocycles. The van der Waals surface area contributed by atoms with Crippen LogP contribution in [0.3, 0.4) is 0 Å². The van der Waals surface area contributed by atoms with Crippen LogP contribution in [0.1, 0.15) is 33.1 Å². The van der Waals surface area contributed by atoms with Crippen molar-refractivity contribution in [3.05, 3.63) is 36.5 Å². The second-order valence-corrected chi connectivity index (χ2v) is 8.22. The summed E-state index contributed by atoms with van der Waals surface area (Å²) in [4.78, 5) is 18.7. The molecular formula is C19H27N3O3S. The first-order chi connectivity index (χ1) is 12.4. The Kier molecular flexibility index (Phi) is 6.97. The van der Waals surface area contributed by atoms with Crippen LogP contribution in [0.4, 0.5) is 5.69 Å². The fourth-order valence-electron chi connectivity index (χ4n) is 3.01. The molecule has 0 aliphatic rings. The van der Waals surface area contributed by atoms with Crippen LogP contribution in [0.15, 0.2) is 36.5 Å². The molecule has 0 N–H and O–H groups in total. The van der Waals surface area contributed by atoms with Crippen LogP contribution in [-0.2, 0) is 14.8 Å². The van der Waals surface area contributed by atoms with Gasteiger partial charge in [0.05, 0.1) is 17.5 Å². The second-order valence-electron chi connectivity index (χ2n) is 6.32. The lowest BCUT2D eigenvalue weighted by atomic mass is 10.2. The lowest BCUT2D eigenvalue weighted by molar-refractivity contribution is -0.131. The normalized spacial score (nSPS) is 11.5. The molecule has 0 radical (unpaired) electrons. The Morgan fingerprint density at radius 3 is 2.31 bits per heavy atom. The van der Waals surface area contributed by atoms with Gasteiger partial charge in [0.15, 0.2) is 0 Å². The summed E-state index contributed by atoms with van der Waals surface area (Å²) in [5, 5.41) is 0.864. The fourth-order valence-corrected chi connectivity index (χ4v) is 3.94. The van der Waals surface area contributed by atoms with Crippen LogP contribution in [-0.4, -0.2) is 50.1 Å². The molecule has 2 aromatic rings. The number of nitrogens with zero attached hydrogens (tertiary/aromatic N) is 3. The van der Waals surface area contributed by atoms with E-state index < -0.39 is 10.0 Å². The van der Waals surface area contributed by atoms with Crippen molar-refractivity contribution in [3.8, 4) is 0 Å². The number of sulfonamides is 1. The largest absolute Gasteiger partial charge is 0.343 e. The van der Waals surface area contributed by atoms with Gasteiger partial charge in [0, 0.05) is 37.6 Å².